The number of benzene rings is 2. The molecule has 0 atom stereocenters. The topological polar surface area (TPSA) is 72.9 Å². The highest BCUT2D eigenvalue weighted by Crippen LogP contribution is 2.26. The number of hydroxylamine groups is 2. The molecule has 134 valence electrons. The van der Waals surface area contributed by atoms with Crippen LogP contribution in [0.15, 0.2) is 48.5 Å². The zero-order valence-electron chi connectivity index (χ0n) is 14.8. The maximum atomic E-state index is 12.2. The number of carbonyl (C=O) groups is 3. The molecule has 0 unspecified atom stereocenters. The van der Waals surface area contributed by atoms with Crippen LogP contribution in [0.1, 0.15) is 47.1 Å². The third kappa shape index (κ3) is 3.44. The highest BCUT2D eigenvalue weighted by atomic mass is 16.7. The Morgan fingerprint density at radius 2 is 1.58 bits per heavy atom. The fraction of sp³-hybridized carbons (Fsp3) is 0.250. The number of amides is 2. The summed E-state index contributed by atoms with van der Waals surface area (Å²) >= 11 is 0. The normalized spacial score (nSPS) is 13.6. The number of rotatable bonds is 4. The molecule has 0 spiro atoms. The van der Waals surface area contributed by atoms with E-state index >= 15 is 0 Å². The minimum absolute atomic E-state index is 0.0555. The molecule has 0 N–H and O–H groups in total. The van der Waals surface area contributed by atoms with Crippen molar-refractivity contribution in [2.24, 2.45) is 0 Å². The van der Waals surface area contributed by atoms with Gasteiger partial charge in [0.15, 0.2) is 6.61 Å². The van der Waals surface area contributed by atoms with Crippen LogP contribution in [0.25, 0.3) is 0 Å². The minimum atomic E-state index is -0.833. The van der Waals surface area contributed by atoms with Gasteiger partial charge in [0.25, 0.3) is 11.8 Å². The van der Waals surface area contributed by atoms with Gasteiger partial charge < -0.3 is 9.57 Å². The quantitative estimate of drug-likeness (QED) is 0.790. The van der Waals surface area contributed by atoms with Crippen molar-refractivity contribution in [2.75, 3.05) is 6.61 Å². The van der Waals surface area contributed by atoms with Gasteiger partial charge in [-0.15, -0.1) is 0 Å². The Labute approximate surface area is 151 Å². The second kappa shape index (κ2) is 6.63. The Balaban J connectivity index is 1.62. The van der Waals surface area contributed by atoms with E-state index in [-0.39, 0.29) is 16.5 Å². The van der Waals surface area contributed by atoms with Crippen molar-refractivity contribution in [1.29, 1.82) is 0 Å². The van der Waals surface area contributed by atoms with Crippen molar-refractivity contribution >= 4 is 17.8 Å². The molecular weight excluding hydrogens is 334 g/mol. The van der Waals surface area contributed by atoms with Crippen LogP contribution in [-0.2, 0) is 15.0 Å². The highest BCUT2D eigenvalue weighted by molar-refractivity contribution is 6.20. The van der Waals surface area contributed by atoms with Gasteiger partial charge in [0.2, 0.25) is 0 Å². The second-order valence-electron chi connectivity index (χ2n) is 6.98. The molecule has 0 radical (unpaired) electrons. The summed E-state index contributed by atoms with van der Waals surface area (Å²) in [5.41, 5.74) is 1.43. The van der Waals surface area contributed by atoms with Crippen molar-refractivity contribution in [3.63, 3.8) is 0 Å². The van der Waals surface area contributed by atoms with Crippen LogP contribution in [-0.4, -0.2) is 29.5 Å². The molecule has 0 aliphatic carbocycles. The van der Waals surface area contributed by atoms with Crippen LogP contribution in [0.5, 0.6) is 5.75 Å². The molecule has 6 nitrogen and oxygen atoms in total. The van der Waals surface area contributed by atoms with Crippen LogP contribution >= 0.6 is 0 Å². The number of hydrogen-bond donors (Lipinski definition) is 0. The molecule has 1 heterocycles. The van der Waals surface area contributed by atoms with E-state index in [4.69, 9.17) is 9.57 Å². The number of fused-ring (bicyclic) bond motifs is 1. The van der Waals surface area contributed by atoms with Crippen LogP contribution in [0.2, 0.25) is 0 Å². The fourth-order valence-electron chi connectivity index (χ4n) is 2.57. The van der Waals surface area contributed by atoms with E-state index in [1.807, 2.05) is 18.2 Å². The lowest BCUT2D eigenvalue weighted by Crippen LogP contribution is -2.34. The Morgan fingerprint density at radius 1 is 0.962 bits per heavy atom. The lowest BCUT2D eigenvalue weighted by atomic mass is 9.87. The zero-order chi connectivity index (χ0) is 18.9. The van der Waals surface area contributed by atoms with Crippen LogP contribution < -0.4 is 4.74 Å². The van der Waals surface area contributed by atoms with Crippen molar-refractivity contribution in [2.45, 2.75) is 26.2 Å². The first-order valence-corrected chi connectivity index (χ1v) is 8.19. The zero-order valence-corrected chi connectivity index (χ0v) is 14.8. The molecule has 1 aliphatic rings. The van der Waals surface area contributed by atoms with Crippen LogP contribution in [0.4, 0.5) is 0 Å². The summed E-state index contributed by atoms with van der Waals surface area (Å²) in [7, 11) is 0. The predicted octanol–water partition coefficient (Wildman–Crippen LogP) is 3.12. The average Bonchev–Trinajstić information content (AvgIpc) is 2.85. The van der Waals surface area contributed by atoms with Gasteiger partial charge in [-0.1, -0.05) is 50.1 Å². The SMILES string of the molecule is CC(C)(C)c1cccc(OCC(=O)ON2C(=O)c3ccccc3C2=O)c1. The molecule has 0 aromatic heterocycles. The van der Waals surface area contributed by atoms with E-state index in [1.165, 1.54) is 12.1 Å². The molecule has 3 rings (SSSR count). The summed E-state index contributed by atoms with van der Waals surface area (Å²) in [5.74, 6) is -1.64. The summed E-state index contributed by atoms with van der Waals surface area (Å²) in [5, 5.41) is 0.474. The second-order valence-corrected chi connectivity index (χ2v) is 6.98. The average molecular weight is 353 g/mol. The first-order valence-electron chi connectivity index (χ1n) is 8.19. The summed E-state index contributed by atoms with van der Waals surface area (Å²) in [4.78, 5) is 41.2. The summed E-state index contributed by atoms with van der Waals surface area (Å²) in [6.45, 7) is 5.80. The van der Waals surface area contributed by atoms with Gasteiger partial charge in [0, 0.05) is 0 Å². The van der Waals surface area contributed by atoms with E-state index in [1.54, 1.807) is 18.2 Å². The lowest BCUT2D eigenvalue weighted by Gasteiger charge is -2.19. The largest absolute Gasteiger partial charge is 0.482 e. The molecule has 2 aromatic carbocycles. The maximum absolute atomic E-state index is 12.2. The third-order valence-electron chi connectivity index (χ3n) is 4.01. The molecule has 0 saturated carbocycles. The Hall–Kier alpha value is -3.15. The van der Waals surface area contributed by atoms with E-state index in [2.05, 4.69) is 20.8 Å². The van der Waals surface area contributed by atoms with Gasteiger partial charge in [0.05, 0.1) is 11.1 Å². The monoisotopic (exact) mass is 353 g/mol. The standard InChI is InChI=1S/C20H19NO5/c1-20(2,3)13-7-6-8-14(11-13)25-12-17(22)26-21-18(23)15-9-4-5-10-16(15)19(21)24/h4-11H,12H2,1-3H3. The minimum Gasteiger partial charge on any atom is -0.482 e. The molecule has 0 fully saturated rings. The smallest absolute Gasteiger partial charge is 0.370 e. The van der Waals surface area contributed by atoms with E-state index < -0.39 is 24.4 Å². The van der Waals surface area contributed by atoms with E-state index in [0.717, 1.165) is 5.56 Å². The first-order chi connectivity index (χ1) is 12.3. The Morgan fingerprint density at radius 3 is 2.15 bits per heavy atom. The Kier molecular flexibility index (Phi) is 4.50. The highest BCUT2D eigenvalue weighted by Gasteiger charge is 2.38. The molecule has 6 heteroatoms. The number of ether oxygens (including phenoxy) is 1. The number of hydrogen-bond acceptors (Lipinski definition) is 5. The molecule has 0 saturated heterocycles. The lowest BCUT2D eigenvalue weighted by molar-refractivity contribution is -0.170. The van der Waals surface area contributed by atoms with E-state index in [0.29, 0.717) is 10.8 Å². The van der Waals surface area contributed by atoms with Gasteiger partial charge in [0.1, 0.15) is 5.75 Å². The molecule has 2 amide bonds. The van der Waals surface area contributed by atoms with Crippen molar-refractivity contribution in [1.82, 2.24) is 5.06 Å². The molecule has 2 aromatic rings. The van der Waals surface area contributed by atoms with Gasteiger partial charge in [-0.2, -0.15) is 0 Å². The Bertz CT molecular complexity index is 847. The molecular formula is C20H19NO5. The van der Waals surface area contributed by atoms with Gasteiger partial charge >= 0.3 is 5.97 Å². The van der Waals surface area contributed by atoms with Crippen molar-refractivity contribution in [3.8, 4) is 5.75 Å². The van der Waals surface area contributed by atoms with E-state index in [9.17, 15) is 14.4 Å². The molecule has 26 heavy (non-hydrogen) atoms. The summed E-state index contributed by atoms with van der Waals surface area (Å²) in [6, 6.07) is 13.7. The van der Waals surface area contributed by atoms with Gasteiger partial charge in [-0.05, 0) is 35.2 Å². The predicted molar refractivity (Wildman–Crippen MR) is 93.7 cm³/mol. The van der Waals surface area contributed by atoms with Crippen LogP contribution in [0, 0.1) is 0 Å². The molecule has 0 bridgehead atoms. The number of imide groups is 1. The maximum Gasteiger partial charge on any atom is 0.370 e. The van der Waals surface area contributed by atoms with Crippen molar-refractivity contribution in [3.05, 3.63) is 65.2 Å². The third-order valence-corrected chi connectivity index (χ3v) is 4.01. The first kappa shape index (κ1) is 17.7. The van der Waals surface area contributed by atoms with Gasteiger partial charge in [-0.3, -0.25) is 9.59 Å². The van der Waals surface area contributed by atoms with Crippen molar-refractivity contribution < 1.29 is 24.0 Å². The number of nitrogens with zero attached hydrogens (tertiary/aromatic N) is 1. The summed E-state index contributed by atoms with van der Waals surface area (Å²) in [6.07, 6.45) is 0. The van der Waals surface area contributed by atoms with Gasteiger partial charge in [-0.25, -0.2) is 4.79 Å². The number of carbonyl (C=O) groups excluding carboxylic acids is 3. The fourth-order valence-corrected chi connectivity index (χ4v) is 2.57. The summed E-state index contributed by atoms with van der Waals surface area (Å²) < 4.78 is 5.44. The molecule has 1 aliphatic heterocycles. The van der Waals surface area contributed by atoms with Crippen LogP contribution in [0.3, 0.4) is 0 Å².